The van der Waals surface area contributed by atoms with Gasteiger partial charge in [-0.25, -0.2) is 4.39 Å². The summed E-state index contributed by atoms with van der Waals surface area (Å²) in [5, 5.41) is 21.1. The zero-order chi connectivity index (χ0) is 16.8. The summed E-state index contributed by atoms with van der Waals surface area (Å²) in [4.78, 5) is 12.2. The van der Waals surface area contributed by atoms with Crippen LogP contribution in [-0.2, 0) is 4.79 Å². The number of phenolic OH excluding ortho intramolecular Hbond substituents is 1. The van der Waals surface area contributed by atoms with Gasteiger partial charge < -0.3 is 10.4 Å². The highest BCUT2D eigenvalue weighted by Crippen LogP contribution is 2.15. The Morgan fingerprint density at radius 3 is 2.39 bits per heavy atom. The first-order chi connectivity index (χ1) is 11.0. The van der Waals surface area contributed by atoms with Crippen LogP contribution in [0.15, 0.2) is 54.1 Å². The quantitative estimate of drug-likeness (QED) is 0.672. The van der Waals surface area contributed by atoms with Gasteiger partial charge in [0, 0.05) is 0 Å². The first-order valence-electron chi connectivity index (χ1n) is 6.97. The molecule has 1 unspecified atom stereocenters. The lowest BCUT2D eigenvalue weighted by atomic mass is 10.1. The van der Waals surface area contributed by atoms with Gasteiger partial charge in [0.25, 0.3) is 5.91 Å². The van der Waals surface area contributed by atoms with Crippen LogP contribution in [0.5, 0.6) is 5.75 Å². The second kappa shape index (κ2) is 7.23. The van der Waals surface area contributed by atoms with Gasteiger partial charge in [-0.15, -0.1) is 0 Å². The topological polar surface area (TPSA) is 73.1 Å². The summed E-state index contributed by atoms with van der Waals surface area (Å²) >= 11 is 0. The number of benzene rings is 2. The predicted octanol–water partition coefficient (Wildman–Crippen LogP) is 3.32. The molecule has 1 amide bonds. The fraction of sp³-hybridized carbons (Fsp3) is 0.111. The molecule has 1 atom stereocenters. The number of nitrogens with zero attached hydrogens (tertiary/aromatic N) is 1. The summed E-state index contributed by atoms with van der Waals surface area (Å²) in [6.07, 6.45) is 1.44. The van der Waals surface area contributed by atoms with Crippen molar-refractivity contribution in [2.75, 3.05) is 0 Å². The van der Waals surface area contributed by atoms with Gasteiger partial charge in [-0.05, 0) is 48.4 Å². The number of hydrogen-bond donors (Lipinski definition) is 2. The number of aromatic hydroxyl groups is 1. The average molecular weight is 310 g/mol. The Hall–Kier alpha value is -3.13. The maximum Gasteiger partial charge on any atom is 0.262 e. The Labute approximate surface area is 133 Å². The molecule has 0 spiro atoms. The summed E-state index contributed by atoms with van der Waals surface area (Å²) in [5.74, 6) is -0.760. The van der Waals surface area contributed by atoms with Crippen molar-refractivity contribution in [1.82, 2.24) is 5.32 Å². The lowest BCUT2D eigenvalue weighted by molar-refractivity contribution is -0.117. The normalized spacial score (nSPS) is 12.3. The van der Waals surface area contributed by atoms with Gasteiger partial charge in [-0.3, -0.25) is 4.79 Å². The van der Waals surface area contributed by atoms with Gasteiger partial charge in [0.15, 0.2) is 0 Å². The van der Waals surface area contributed by atoms with E-state index in [0.717, 1.165) is 5.56 Å². The fourth-order valence-corrected chi connectivity index (χ4v) is 1.99. The second-order valence-corrected chi connectivity index (χ2v) is 5.01. The highest BCUT2D eigenvalue weighted by atomic mass is 19.1. The molecule has 5 heteroatoms. The van der Waals surface area contributed by atoms with Crippen molar-refractivity contribution in [2.24, 2.45) is 0 Å². The van der Waals surface area contributed by atoms with Crippen LogP contribution in [0.3, 0.4) is 0 Å². The van der Waals surface area contributed by atoms with Crippen LogP contribution in [0.25, 0.3) is 6.08 Å². The van der Waals surface area contributed by atoms with E-state index in [1.165, 1.54) is 30.3 Å². The Morgan fingerprint density at radius 2 is 1.83 bits per heavy atom. The van der Waals surface area contributed by atoms with Gasteiger partial charge in [-0.1, -0.05) is 24.3 Å². The average Bonchev–Trinajstić information content (AvgIpc) is 2.54. The number of phenols is 1. The molecule has 0 saturated heterocycles. The molecule has 23 heavy (non-hydrogen) atoms. The molecule has 116 valence electrons. The number of nitriles is 1. The maximum absolute atomic E-state index is 12.9. The first kappa shape index (κ1) is 16.2. The summed E-state index contributed by atoms with van der Waals surface area (Å²) in [5.41, 5.74) is 1.32. The summed E-state index contributed by atoms with van der Waals surface area (Å²) < 4.78 is 12.9. The molecule has 0 aliphatic rings. The van der Waals surface area contributed by atoms with Crippen molar-refractivity contribution in [3.05, 3.63) is 71.0 Å². The molecule has 2 rings (SSSR count). The number of halogens is 1. The lowest BCUT2D eigenvalue weighted by Gasteiger charge is -2.14. The summed E-state index contributed by atoms with van der Waals surface area (Å²) in [7, 11) is 0. The lowest BCUT2D eigenvalue weighted by Crippen LogP contribution is -2.27. The maximum atomic E-state index is 12.9. The molecule has 2 aromatic carbocycles. The molecule has 0 saturated carbocycles. The van der Waals surface area contributed by atoms with E-state index in [0.29, 0.717) is 5.56 Å². The van der Waals surface area contributed by atoms with Crippen LogP contribution >= 0.6 is 0 Å². The van der Waals surface area contributed by atoms with Crippen molar-refractivity contribution in [3.63, 3.8) is 0 Å². The number of hydrogen-bond acceptors (Lipinski definition) is 3. The fourth-order valence-electron chi connectivity index (χ4n) is 1.99. The third-order valence-corrected chi connectivity index (χ3v) is 3.29. The van der Waals surface area contributed by atoms with Crippen LogP contribution in [0, 0.1) is 17.1 Å². The monoisotopic (exact) mass is 310 g/mol. The van der Waals surface area contributed by atoms with Crippen LogP contribution in [0.2, 0.25) is 0 Å². The highest BCUT2D eigenvalue weighted by molar-refractivity contribution is 6.01. The third-order valence-electron chi connectivity index (χ3n) is 3.29. The van der Waals surface area contributed by atoms with E-state index in [4.69, 9.17) is 5.26 Å². The van der Waals surface area contributed by atoms with Gasteiger partial charge in [-0.2, -0.15) is 5.26 Å². The molecular weight excluding hydrogens is 295 g/mol. The molecule has 0 radical (unpaired) electrons. The van der Waals surface area contributed by atoms with Crippen LogP contribution in [-0.4, -0.2) is 11.0 Å². The number of carbonyl (C=O) groups is 1. The SMILES string of the molecule is CC(NC(=O)/C(C#N)=C/c1ccc(O)cc1)c1ccc(F)cc1. The molecule has 2 aromatic rings. The molecule has 2 N–H and O–H groups in total. The van der Waals surface area contributed by atoms with Crippen molar-refractivity contribution in [3.8, 4) is 11.8 Å². The molecule has 0 aromatic heterocycles. The van der Waals surface area contributed by atoms with Crippen LogP contribution in [0.1, 0.15) is 24.1 Å². The molecule has 0 heterocycles. The van der Waals surface area contributed by atoms with Crippen LogP contribution < -0.4 is 5.32 Å². The van der Waals surface area contributed by atoms with Crippen LogP contribution in [0.4, 0.5) is 4.39 Å². The van der Waals surface area contributed by atoms with E-state index >= 15 is 0 Å². The zero-order valence-corrected chi connectivity index (χ0v) is 12.5. The van der Waals surface area contributed by atoms with E-state index < -0.39 is 5.91 Å². The van der Waals surface area contributed by atoms with Crippen molar-refractivity contribution in [2.45, 2.75) is 13.0 Å². The Balaban J connectivity index is 2.12. The molecule has 0 bridgehead atoms. The molecule has 0 fully saturated rings. The summed E-state index contributed by atoms with van der Waals surface area (Å²) in [6.45, 7) is 1.75. The molecule has 0 aliphatic heterocycles. The molecule has 0 aliphatic carbocycles. The van der Waals surface area contributed by atoms with E-state index in [2.05, 4.69) is 5.32 Å². The number of nitrogens with one attached hydrogen (secondary N) is 1. The number of carbonyl (C=O) groups excluding carboxylic acids is 1. The third kappa shape index (κ3) is 4.42. The minimum absolute atomic E-state index is 0.0512. The highest BCUT2D eigenvalue weighted by Gasteiger charge is 2.13. The zero-order valence-electron chi connectivity index (χ0n) is 12.5. The Morgan fingerprint density at radius 1 is 1.22 bits per heavy atom. The second-order valence-electron chi connectivity index (χ2n) is 5.01. The minimum atomic E-state index is -0.516. The number of amides is 1. The number of rotatable bonds is 4. The largest absolute Gasteiger partial charge is 0.508 e. The van der Waals surface area contributed by atoms with Gasteiger partial charge in [0.1, 0.15) is 23.2 Å². The standard InChI is InChI=1S/C18H15FN2O2/c1-12(14-4-6-16(19)7-5-14)21-18(23)15(11-20)10-13-2-8-17(22)9-3-13/h2-10,12,22H,1H3,(H,21,23)/b15-10+. The van der Waals surface area contributed by atoms with Gasteiger partial charge >= 0.3 is 0 Å². The van der Waals surface area contributed by atoms with E-state index in [1.54, 1.807) is 31.2 Å². The van der Waals surface area contributed by atoms with E-state index in [9.17, 15) is 14.3 Å². The predicted molar refractivity (Wildman–Crippen MR) is 84.7 cm³/mol. The van der Waals surface area contributed by atoms with E-state index in [-0.39, 0.29) is 23.2 Å². The first-order valence-corrected chi connectivity index (χ1v) is 6.97. The van der Waals surface area contributed by atoms with Crippen molar-refractivity contribution < 1.29 is 14.3 Å². The minimum Gasteiger partial charge on any atom is -0.508 e. The Bertz CT molecular complexity index is 759. The van der Waals surface area contributed by atoms with Gasteiger partial charge in [0.05, 0.1) is 6.04 Å². The Kier molecular flexibility index (Phi) is 5.11. The van der Waals surface area contributed by atoms with Crippen molar-refractivity contribution >= 4 is 12.0 Å². The summed E-state index contributed by atoms with van der Waals surface area (Å²) in [6, 6.07) is 13.4. The van der Waals surface area contributed by atoms with Crippen molar-refractivity contribution in [1.29, 1.82) is 5.26 Å². The molecular formula is C18H15FN2O2. The van der Waals surface area contributed by atoms with E-state index in [1.807, 2.05) is 6.07 Å². The smallest absolute Gasteiger partial charge is 0.262 e. The van der Waals surface area contributed by atoms with Gasteiger partial charge in [0.2, 0.25) is 0 Å². The molecule has 4 nitrogen and oxygen atoms in total.